The molecular weight excluding hydrogens is 256 g/mol. The SMILES string of the molecule is COc1cccc(C(=O)/C=C/c2cc(C)sc2C)c1. The van der Waals surface area contributed by atoms with Crippen molar-refractivity contribution >= 4 is 23.2 Å². The molecule has 0 unspecified atom stereocenters. The second kappa shape index (κ2) is 5.85. The third-order valence-electron chi connectivity index (χ3n) is 2.85. The van der Waals surface area contributed by atoms with Gasteiger partial charge in [0.2, 0.25) is 0 Å². The fourth-order valence-corrected chi connectivity index (χ4v) is 2.77. The molecule has 0 radical (unpaired) electrons. The highest BCUT2D eigenvalue weighted by Crippen LogP contribution is 2.22. The Morgan fingerprint density at radius 2 is 2.05 bits per heavy atom. The van der Waals surface area contributed by atoms with Crippen LogP contribution < -0.4 is 4.74 Å². The molecule has 0 aliphatic rings. The summed E-state index contributed by atoms with van der Waals surface area (Å²) in [5.74, 6) is 0.684. The average molecular weight is 272 g/mol. The van der Waals surface area contributed by atoms with Gasteiger partial charge in [-0.25, -0.2) is 0 Å². The summed E-state index contributed by atoms with van der Waals surface area (Å²) in [6.07, 6.45) is 3.49. The van der Waals surface area contributed by atoms with E-state index in [1.165, 1.54) is 9.75 Å². The lowest BCUT2D eigenvalue weighted by atomic mass is 10.1. The van der Waals surface area contributed by atoms with Crippen LogP contribution >= 0.6 is 11.3 Å². The van der Waals surface area contributed by atoms with Gasteiger partial charge in [-0.1, -0.05) is 12.1 Å². The molecule has 1 heterocycles. The average Bonchev–Trinajstić information content (AvgIpc) is 2.74. The van der Waals surface area contributed by atoms with Crippen LogP contribution in [0.5, 0.6) is 5.75 Å². The van der Waals surface area contributed by atoms with Gasteiger partial charge in [-0.05, 0) is 49.8 Å². The number of hydrogen-bond donors (Lipinski definition) is 0. The highest BCUT2D eigenvalue weighted by molar-refractivity contribution is 7.12. The number of allylic oxidation sites excluding steroid dienone is 1. The first kappa shape index (κ1) is 13.6. The molecule has 19 heavy (non-hydrogen) atoms. The van der Waals surface area contributed by atoms with Crippen molar-refractivity contribution < 1.29 is 9.53 Å². The fourth-order valence-electron chi connectivity index (χ4n) is 1.85. The number of aryl methyl sites for hydroxylation is 2. The van der Waals surface area contributed by atoms with Crippen LogP contribution in [-0.2, 0) is 0 Å². The number of ketones is 1. The van der Waals surface area contributed by atoms with Gasteiger partial charge < -0.3 is 4.74 Å². The van der Waals surface area contributed by atoms with Crippen molar-refractivity contribution in [1.29, 1.82) is 0 Å². The first-order valence-corrected chi connectivity index (χ1v) is 6.85. The molecule has 3 heteroatoms. The minimum Gasteiger partial charge on any atom is -0.497 e. The van der Waals surface area contributed by atoms with Crippen molar-refractivity contribution in [3.8, 4) is 5.75 Å². The molecule has 1 aromatic heterocycles. The van der Waals surface area contributed by atoms with Gasteiger partial charge in [0.15, 0.2) is 5.78 Å². The lowest BCUT2D eigenvalue weighted by Crippen LogP contribution is -1.94. The van der Waals surface area contributed by atoms with E-state index in [9.17, 15) is 4.79 Å². The van der Waals surface area contributed by atoms with E-state index in [1.807, 2.05) is 18.2 Å². The topological polar surface area (TPSA) is 26.3 Å². The zero-order valence-corrected chi connectivity index (χ0v) is 12.1. The number of rotatable bonds is 4. The Kier molecular flexibility index (Phi) is 4.17. The van der Waals surface area contributed by atoms with Gasteiger partial charge in [0.05, 0.1) is 7.11 Å². The summed E-state index contributed by atoms with van der Waals surface area (Å²) >= 11 is 1.74. The number of thiophene rings is 1. The normalized spacial score (nSPS) is 10.9. The third-order valence-corrected chi connectivity index (χ3v) is 3.83. The van der Waals surface area contributed by atoms with Crippen LogP contribution in [-0.4, -0.2) is 12.9 Å². The van der Waals surface area contributed by atoms with Gasteiger partial charge in [0, 0.05) is 15.3 Å². The van der Waals surface area contributed by atoms with Gasteiger partial charge >= 0.3 is 0 Å². The first-order valence-electron chi connectivity index (χ1n) is 6.03. The molecule has 2 nitrogen and oxygen atoms in total. The van der Waals surface area contributed by atoms with E-state index in [-0.39, 0.29) is 5.78 Å². The molecule has 2 rings (SSSR count). The van der Waals surface area contributed by atoms with E-state index in [0.29, 0.717) is 11.3 Å². The van der Waals surface area contributed by atoms with Gasteiger partial charge in [0.25, 0.3) is 0 Å². The Balaban J connectivity index is 2.18. The van der Waals surface area contributed by atoms with E-state index in [4.69, 9.17) is 4.74 Å². The van der Waals surface area contributed by atoms with Crippen molar-refractivity contribution in [2.24, 2.45) is 0 Å². The Bertz CT molecular complexity index is 623. The number of methoxy groups -OCH3 is 1. The molecule has 0 saturated heterocycles. The molecule has 0 aliphatic carbocycles. The number of benzene rings is 1. The molecule has 1 aromatic carbocycles. The summed E-state index contributed by atoms with van der Waals surface area (Å²) in [6, 6.07) is 9.28. The quantitative estimate of drug-likeness (QED) is 0.613. The molecule has 2 aromatic rings. The summed E-state index contributed by atoms with van der Waals surface area (Å²) in [6.45, 7) is 4.13. The number of ether oxygens (including phenoxy) is 1. The summed E-state index contributed by atoms with van der Waals surface area (Å²) in [5, 5.41) is 0. The lowest BCUT2D eigenvalue weighted by molar-refractivity contribution is 0.104. The van der Waals surface area contributed by atoms with Crippen LogP contribution in [0.2, 0.25) is 0 Å². The van der Waals surface area contributed by atoms with E-state index >= 15 is 0 Å². The highest BCUT2D eigenvalue weighted by atomic mass is 32.1. The number of carbonyl (C=O) groups is 1. The van der Waals surface area contributed by atoms with Crippen LogP contribution in [0.15, 0.2) is 36.4 Å². The number of hydrogen-bond acceptors (Lipinski definition) is 3. The van der Waals surface area contributed by atoms with Crippen molar-refractivity contribution in [1.82, 2.24) is 0 Å². The standard InChI is InChI=1S/C16H16O2S/c1-11-9-13(12(2)19-11)7-8-16(17)14-5-4-6-15(10-14)18-3/h4-10H,1-3H3/b8-7+. The van der Waals surface area contributed by atoms with Gasteiger partial charge in [-0.3, -0.25) is 4.79 Å². The van der Waals surface area contributed by atoms with Crippen LogP contribution in [0.1, 0.15) is 25.7 Å². The summed E-state index contributed by atoms with van der Waals surface area (Å²) in [7, 11) is 1.59. The molecule has 0 bridgehead atoms. The molecular formula is C16H16O2S. The lowest BCUT2D eigenvalue weighted by Gasteiger charge is -2.00. The molecule has 0 spiro atoms. The van der Waals surface area contributed by atoms with Crippen molar-refractivity contribution in [3.63, 3.8) is 0 Å². The second-order valence-electron chi connectivity index (χ2n) is 4.30. The summed E-state index contributed by atoms with van der Waals surface area (Å²) < 4.78 is 5.12. The predicted molar refractivity (Wildman–Crippen MR) is 80.2 cm³/mol. The zero-order chi connectivity index (χ0) is 13.8. The Morgan fingerprint density at radius 1 is 1.26 bits per heavy atom. The molecule has 0 saturated carbocycles. The third kappa shape index (κ3) is 3.32. The van der Waals surface area contributed by atoms with Gasteiger partial charge in [-0.15, -0.1) is 11.3 Å². The summed E-state index contributed by atoms with van der Waals surface area (Å²) in [4.78, 5) is 14.5. The Morgan fingerprint density at radius 3 is 2.68 bits per heavy atom. The maximum absolute atomic E-state index is 12.1. The molecule has 0 fully saturated rings. The van der Waals surface area contributed by atoms with Gasteiger partial charge in [-0.2, -0.15) is 0 Å². The largest absolute Gasteiger partial charge is 0.497 e. The molecule has 0 atom stereocenters. The zero-order valence-electron chi connectivity index (χ0n) is 11.3. The first-order chi connectivity index (χ1) is 9.10. The predicted octanol–water partition coefficient (Wildman–Crippen LogP) is 4.27. The Labute approximate surface area is 117 Å². The molecule has 0 N–H and O–H groups in total. The van der Waals surface area contributed by atoms with Crippen LogP contribution in [0.3, 0.4) is 0 Å². The van der Waals surface area contributed by atoms with E-state index in [0.717, 1.165) is 5.56 Å². The molecule has 0 amide bonds. The maximum Gasteiger partial charge on any atom is 0.185 e. The maximum atomic E-state index is 12.1. The second-order valence-corrected chi connectivity index (χ2v) is 5.76. The van der Waals surface area contributed by atoms with E-state index in [2.05, 4.69) is 19.9 Å². The monoisotopic (exact) mass is 272 g/mol. The van der Waals surface area contributed by atoms with E-state index < -0.39 is 0 Å². The number of carbonyl (C=O) groups excluding carboxylic acids is 1. The van der Waals surface area contributed by atoms with Crippen LogP contribution in [0.25, 0.3) is 6.08 Å². The molecule has 0 aliphatic heterocycles. The minimum atomic E-state index is -0.0119. The highest BCUT2D eigenvalue weighted by Gasteiger charge is 2.04. The Hall–Kier alpha value is -1.87. The minimum absolute atomic E-state index is 0.0119. The van der Waals surface area contributed by atoms with Crippen LogP contribution in [0.4, 0.5) is 0 Å². The van der Waals surface area contributed by atoms with Crippen molar-refractivity contribution in [3.05, 3.63) is 57.3 Å². The summed E-state index contributed by atoms with van der Waals surface area (Å²) in [5.41, 5.74) is 1.75. The smallest absolute Gasteiger partial charge is 0.185 e. The van der Waals surface area contributed by atoms with Crippen LogP contribution in [0, 0.1) is 13.8 Å². The van der Waals surface area contributed by atoms with Gasteiger partial charge in [0.1, 0.15) is 5.75 Å². The van der Waals surface area contributed by atoms with E-state index in [1.54, 1.807) is 36.7 Å². The molecule has 98 valence electrons. The van der Waals surface area contributed by atoms with Crippen molar-refractivity contribution in [2.75, 3.05) is 7.11 Å². The fraction of sp³-hybridized carbons (Fsp3) is 0.188. The van der Waals surface area contributed by atoms with Crippen molar-refractivity contribution in [2.45, 2.75) is 13.8 Å².